The van der Waals surface area contributed by atoms with Crippen molar-refractivity contribution in [1.82, 2.24) is 5.32 Å². The molecular weight excluding hydrogens is 210 g/mol. The maximum Gasteiger partial charge on any atom is 0.217 e. The summed E-state index contributed by atoms with van der Waals surface area (Å²) < 4.78 is 0. The summed E-state index contributed by atoms with van der Waals surface area (Å²) >= 11 is 6.24. The zero-order valence-corrected chi connectivity index (χ0v) is 9.42. The molecule has 2 rings (SSSR count). The van der Waals surface area contributed by atoms with Gasteiger partial charge in [-0.25, -0.2) is 0 Å². The first-order valence-corrected chi connectivity index (χ1v) is 5.61. The summed E-state index contributed by atoms with van der Waals surface area (Å²) in [5, 5.41) is 2.92. The third kappa shape index (κ3) is 2.15. The number of alkyl halides is 1. The summed E-state index contributed by atoms with van der Waals surface area (Å²) in [4.78, 5) is 11.1. The van der Waals surface area contributed by atoms with E-state index in [1.165, 1.54) is 18.1 Å². The SMILES string of the molecule is CC(=O)NC1c2ccccc2CCC1Cl. The molecule has 1 aliphatic rings. The highest BCUT2D eigenvalue weighted by Gasteiger charge is 2.28. The van der Waals surface area contributed by atoms with Gasteiger partial charge in [-0.15, -0.1) is 11.6 Å². The molecule has 2 unspecified atom stereocenters. The molecule has 1 aliphatic carbocycles. The van der Waals surface area contributed by atoms with Crippen LogP contribution in [0.15, 0.2) is 24.3 Å². The average molecular weight is 224 g/mol. The van der Waals surface area contributed by atoms with Gasteiger partial charge in [-0.2, -0.15) is 0 Å². The van der Waals surface area contributed by atoms with E-state index in [1.807, 2.05) is 18.2 Å². The number of benzene rings is 1. The Morgan fingerprint density at radius 3 is 2.93 bits per heavy atom. The molecule has 1 aromatic rings. The van der Waals surface area contributed by atoms with Crippen LogP contribution in [0.4, 0.5) is 0 Å². The van der Waals surface area contributed by atoms with Gasteiger partial charge in [-0.1, -0.05) is 24.3 Å². The van der Waals surface area contributed by atoms with Crippen LogP contribution in [0.1, 0.15) is 30.5 Å². The molecule has 0 saturated carbocycles. The van der Waals surface area contributed by atoms with Crippen LogP contribution in [0.3, 0.4) is 0 Å². The molecule has 0 saturated heterocycles. The van der Waals surface area contributed by atoms with Crippen LogP contribution in [0.5, 0.6) is 0 Å². The lowest BCUT2D eigenvalue weighted by atomic mass is 9.87. The number of carbonyl (C=O) groups excluding carboxylic acids is 1. The summed E-state index contributed by atoms with van der Waals surface area (Å²) in [6.07, 6.45) is 1.92. The normalized spacial score (nSPS) is 24.4. The standard InChI is InChI=1S/C12H14ClNO/c1-8(15)14-12-10-5-3-2-4-9(10)6-7-11(12)13/h2-5,11-12H,6-7H2,1H3,(H,14,15). The summed E-state index contributed by atoms with van der Waals surface area (Å²) in [6.45, 7) is 1.53. The molecule has 1 N–H and O–H groups in total. The van der Waals surface area contributed by atoms with Gasteiger partial charge >= 0.3 is 0 Å². The van der Waals surface area contributed by atoms with Crippen LogP contribution in [0, 0.1) is 0 Å². The minimum atomic E-state index is -0.0332. The van der Waals surface area contributed by atoms with Gasteiger partial charge in [-0.3, -0.25) is 4.79 Å². The Bertz CT molecular complexity index is 378. The highest BCUT2D eigenvalue weighted by molar-refractivity contribution is 6.21. The molecule has 0 radical (unpaired) electrons. The molecule has 0 aromatic heterocycles. The molecule has 2 atom stereocenters. The fourth-order valence-corrected chi connectivity index (χ4v) is 2.42. The second kappa shape index (κ2) is 4.23. The summed E-state index contributed by atoms with van der Waals surface area (Å²) in [5.41, 5.74) is 2.46. The lowest BCUT2D eigenvalue weighted by Crippen LogP contribution is -2.35. The number of hydrogen-bond donors (Lipinski definition) is 1. The third-order valence-electron chi connectivity index (χ3n) is 2.80. The quantitative estimate of drug-likeness (QED) is 0.728. The topological polar surface area (TPSA) is 29.1 Å². The molecule has 1 aromatic carbocycles. The van der Waals surface area contributed by atoms with E-state index in [0.29, 0.717) is 0 Å². The largest absolute Gasteiger partial charge is 0.348 e. The highest BCUT2D eigenvalue weighted by Crippen LogP contribution is 2.32. The second-order valence-electron chi connectivity index (χ2n) is 3.93. The van der Waals surface area contributed by atoms with Crippen LogP contribution < -0.4 is 5.32 Å². The van der Waals surface area contributed by atoms with Crippen LogP contribution >= 0.6 is 11.6 Å². The Balaban J connectivity index is 2.32. The van der Waals surface area contributed by atoms with Crippen molar-refractivity contribution in [1.29, 1.82) is 0 Å². The smallest absolute Gasteiger partial charge is 0.217 e. The number of amides is 1. The van der Waals surface area contributed by atoms with Gasteiger partial charge in [0, 0.05) is 6.92 Å². The first kappa shape index (κ1) is 10.5. The number of rotatable bonds is 1. The Hall–Kier alpha value is -1.02. The minimum absolute atomic E-state index is 0.00352. The van der Waals surface area contributed by atoms with E-state index < -0.39 is 0 Å². The monoisotopic (exact) mass is 223 g/mol. The van der Waals surface area contributed by atoms with Crippen molar-refractivity contribution in [2.45, 2.75) is 31.2 Å². The molecule has 0 aliphatic heterocycles. The number of fused-ring (bicyclic) bond motifs is 1. The fraction of sp³-hybridized carbons (Fsp3) is 0.417. The van der Waals surface area contributed by atoms with Gasteiger partial charge in [0.25, 0.3) is 0 Å². The molecule has 80 valence electrons. The fourth-order valence-electron chi connectivity index (χ4n) is 2.11. The molecule has 3 heteroatoms. The van der Waals surface area contributed by atoms with Gasteiger partial charge in [0.15, 0.2) is 0 Å². The minimum Gasteiger partial charge on any atom is -0.348 e. The summed E-state index contributed by atoms with van der Waals surface area (Å²) in [7, 11) is 0. The van der Waals surface area contributed by atoms with Crippen molar-refractivity contribution in [3.63, 3.8) is 0 Å². The van der Waals surface area contributed by atoms with Gasteiger partial charge in [-0.05, 0) is 24.0 Å². The van der Waals surface area contributed by atoms with E-state index >= 15 is 0 Å². The Kier molecular flexibility index (Phi) is 2.96. The summed E-state index contributed by atoms with van der Waals surface area (Å²) in [6, 6.07) is 8.13. The summed E-state index contributed by atoms with van der Waals surface area (Å²) in [5.74, 6) is -0.0256. The zero-order chi connectivity index (χ0) is 10.8. The molecule has 15 heavy (non-hydrogen) atoms. The molecule has 1 amide bonds. The molecule has 0 fully saturated rings. The van der Waals surface area contributed by atoms with Crippen molar-refractivity contribution in [2.75, 3.05) is 0 Å². The van der Waals surface area contributed by atoms with Crippen LogP contribution in [-0.2, 0) is 11.2 Å². The third-order valence-corrected chi connectivity index (χ3v) is 3.27. The number of hydrogen-bond acceptors (Lipinski definition) is 1. The van der Waals surface area contributed by atoms with Crippen molar-refractivity contribution in [3.05, 3.63) is 35.4 Å². The average Bonchev–Trinajstić information content (AvgIpc) is 2.22. The predicted octanol–water partition coefficient (Wildman–Crippen LogP) is 2.42. The van der Waals surface area contributed by atoms with Gasteiger partial charge in [0.1, 0.15) is 0 Å². The Morgan fingerprint density at radius 2 is 2.20 bits per heavy atom. The van der Waals surface area contributed by atoms with Crippen molar-refractivity contribution >= 4 is 17.5 Å². The van der Waals surface area contributed by atoms with Gasteiger partial charge in [0.2, 0.25) is 5.91 Å². The van der Waals surface area contributed by atoms with Crippen LogP contribution in [0.2, 0.25) is 0 Å². The van der Waals surface area contributed by atoms with E-state index in [0.717, 1.165) is 12.8 Å². The molecule has 2 nitrogen and oxygen atoms in total. The van der Waals surface area contributed by atoms with E-state index in [9.17, 15) is 4.79 Å². The van der Waals surface area contributed by atoms with Crippen molar-refractivity contribution < 1.29 is 4.79 Å². The number of carbonyl (C=O) groups is 1. The molecule has 0 heterocycles. The maximum absolute atomic E-state index is 11.1. The van der Waals surface area contributed by atoms with E-state index in [1.54, 1.807) is 0 Å². The first-order chi connectivity index (χ1) is 7.18. The molecular formula is C12H14ClNO. The zero-order valence-electron chi connectivity index (χ0n) is 8.66. The number of aryl methyl sites for hydroxylation is 1. The lowest BCUT2D eigenvalue weighted by molar-refractivity contribution is -0.119. The number of halogens is 1. The van der Waals surface area contributed by atoms with E-state index in [2.05, 4.69) is 11.4 Å². The molecule has 0 spiro atoms. The maximum atomic E-state index is 11.1. The van der Waals surface area contributed by atoms with Crippen LogP contribution in [0.25, 0.3) is 0 Å². The lowest BCUT2D eigenvalue weighted by Gasteiger charge is -2.30. The van der Waals surface area contributed by atoms with Gasteiger partial charge in [0.05, 0.1) is 11.4 Å². The predicted molar refractivity (Wildman–Crippen MR) is 61.0 cm³/mol. The molecule has 0 bridgehead atoms. The highest BCUT2D eigenvalue weighted by atomic mass is 35.5. The number of nitrogens with one attached hydrogen (secondary N) is 1. The van der Waals surface area contributed by atoms with Crippen molar-refractivity contribution in [2.24, 2.45) is 0 Å². The Morgan fingerprint density at radius 1 is 1.47 bits per heavy atom. The van der Waals surface area contributed by atoms with E-state index in [-0.39, 0.29) is 17.3 Å². The Labute approximate surface area is 94.6 Å². The van der Waals surface area contributed by atoms with Crippen LogP contribution in [-0.4, -0.2) is 11.3 Å². The second-order valence-corrected chi connectivity index (χ2v) is 4.49. The van der Waals surface area contributed by atoms with Gasteiger partial charge < -0.3 is 5.32 Å². The van der Waals surface area contributed by atoms with Crippen molar-refractivity contribution in [3.8, 4) is 0 Å². The first-order valence-electron chi connectivity index (χ1n) is 5.17. The van der Waals surface area contributed by atoms with E-state index in [4.69, 9.17) is 11.6 Å².